The topological polar surface area (TPSA) is 68.2 Å². The normalized spacial score (nSPS) is 11.5. The summed E-state index contributed by atoms with van der Waals surface area (Å²) in [6, 6.07) is 12.2. The fourth-order valence-electron chi connectivity index (χ4n) is 3.28. The third kappa shape index (κ3) is 3.63. The number of halogens is 3. The van der Waals surface area contributed by atoms with Crippen LogP contribution in [0.15, 0.2) is 65.4 Å². The quantitative estimate of drug-likeness (QED) is 0.381. The van der Waals surface area contributed by atoms with Gasteiger partial charge >= 0.3 is 6.18 Å². The van der Waals surface area contributed by atoms with E-state index in [1.54, 1.807) is 29.0 Å². The molecule has 3 aromatic heterocycles. The van der Waals surface area contributed by atoms with Gasteiger partial charge in [0.2, 0.25) is 0 Å². The number of aromatic nitrogens is 4. The van der Waals surface area contributed by atoms with Crippen LogP contribution in [0, 0.1) is 18.8 Å². The molecule has 0 spiro atoms. The van der Waals surface area contributed by atoms with Crippen molar-refractivity contribution in [1.82, 2.24) is 19.8 Å². The number of aryl methyl sites for hydroxylation is 1. The fourth-order valence-corrected chi connectivity index (χ4v) is 3.28. The summed E-state index contributed by atoms with van der Waals surface area (Å²) >= 11 is 0. The van der Waals surface area contributed by atoms with Crippen molar-refractivity contribution >= 4 is 28.1 Å². The molecule has 0 radical (unpaired) electrons. The second-order valence-electron chi connectivity index (χ2n) is 7.07. The molecule has 32 heavy (non-hydrogen) atoms. The number of benzene rings is 2. The summed E-state index contributed by atoms with van der Waals surface area (Å²) in [7, 11) is 0. The maximum absolute atomic E-state index is 13.0. The summed E-state index contributed by atoms with van der Waals surface area (Å²) in [5.41, 5.74) is 2.65. The first kappa shape index (κ1) is 19.6. The summed E-state index contributed by atoms with van der Waals surface area (Å²) in [5, 5.41) is 11.7. The molecule has 1 N–H and O–H groups in total. The highest BCUT2D eigenvalue weighted by atomic mass is 19.4. The average Bonchev–Trinajstić information content (AvgIpc) is 3.36. The van der Waals surface area contributed by atoms with Crippen LogP contribution in [0.2, 0.25) is 0 Å². The van der Waals surface area contributed by atoms with E-state index in [9.17, 15) is 13.2 Å². The molecule has 0 fully saturated rings. The zero-order valence-corrected chi connectivity index (χ0v) is 16.6. The molecule has 0 atom stereocenters. The van der Waals surface area contributed by atoms with E-state index in [1.807, 2.05) is 19.1 Å². The standard InChI is InChI=1S/C23H14F3N5O/c1-14-7-9-19-21(18(14)10-8-17-13-31-20(28-17)6-3-11-27-31)32-30-22(19)29-16-5-2-4-15(12-16)23(24,25)26/h2-7,9,11-13H,1H3,(H,29,30). The molecule has 0 saturated heterocycles. The minimum absolute atomic E-state index is 0.250. The summed E-state index contributed by atoms with van der Waals surface area (Å²) < 4.78 is 46.1. The molecule has 5 rings (SSSR count). The minimum Gasteiger partial charge on any atom is -0.353 e. The molecule has 6 nitrogen and oxygen atoms in total. The molecule has 5 aromatic rings. The Balaban J connectivity index is 1.51. The molecule has 0 saturated carbocycles. The number of nitrogens with zero attached hydrogens (tertiary/aromatic N) is 4. The predicted molar refractivity (Wildman–Crippen MR) is 112 cm³/mol. The van der Waals surface area contributed by atoms with E-state index < -0.39 is 11.7 Å². The average molecular weight is 433 g/mol. The smallest absolute Gasteiger partial charge is 0.353 e. The van der Waals surface area contributed by atoms with Crippen molar-refractivity contribution in [2.24, 2.45) is 0 Å². The van der Waals surface area contributed by atoms with Crippen LogP contribution >= 0.6 is 0 Å². The Morgan fingerprint density at radius 2 is 1.94 bits per heavy atom. The van der Waals surface area contributed by atoms with Crippen LogP contribution in [0.1, 0.15) is 22.4 Å². The van der Waals surface area contributed by atoms with Crippen LogP contribution in [0.25, 0.3) is 16.6 Å². The van der Waals surface area contributed by atoms with Crippen LogP contribution in [0.3, 0.4) is 0 Å². The number of anilines is 2. The number of alkyl halides is 3. The van der Waals surface area contributed by atoms with Gasteiger partial charge in [0.15, 0.2) is 17.0 Å². The summed E-state index contributed by atoms with van der Waals surface area (Å²) in [6.07, 6.45) is -1.06. The molecule has 2 aromatic carbocycles. The molecule has 9 heteroatoms. The van der Waals surface area contributed by atoms with E-state index in [0.29, 0.717) is 33.7 Å². The van der Waals surface area contributed by atoms with Crippen molar-refractivity contribution in [1.29, 1.82) is 0 Å². The summed E-state index contributed by atoms with van der Waals surface area (Å²) in [5.74, 6) is 6.39. The largest absolute Gasteiger partial charge is 0.416 e. The van der Waals surface area contributed by atoms with E-state index in [4.69, 9.17) is 4.52 Å². The molecule has 0 aliphatic rings. The SMILES string of the molecule is Cc1ccc2c(Nc3cccc(C(F)(F)F)c3)noc2c1C#Cc1cn2ncccc2n1. The lowest BCUT2D eigenvalue weighted by atomic mass is 10.1. The van der Waals surface area contributed by atoms with Crippen LogP contribution in [0.4, 0.5) is 24.7 Å². The lowest BCUT2D eigenvalue weighted by Crippen LogP contribution is -2.05. The lowest BCUT2D eigenvalue weighted by molar-refractivity contribution is -0.137. The van der Waals surface area contributed by atoms with Gasteiger partial charge in [-0.15, -0.1) is 0 Å². The van der Waals surface area contributed by atoms with Crippen molar-refractivity contribution in [2.75, 3.05) is 5.32 Å². The monoisotopic (exact) mass is 433 g/mol. The molecule has 0 aliphatic carbocycles. The Kier molecular flexibility index (Phi) is 4.56. The van der Waals surface area contributed by atoms with Gasteiger partial charge in [-0.05, 0) is 54.8 Å². The molecular weight excluding hydrogens is 419 g/mol. The van der Waals surface area contributed by atoms with Gasteiger partial charge in [0.05, 0.1) is 22.7 Å². The van der Waals surface area contributed by atoms with Gasteiger partial charge in [0.25, 0.3) is 0 Å². The van der Waals surface area contributed by atoms with E-state index >= 15 is 0 Å². The third-order valence-electron chi connectivity index (χ3n) is 4.85. The molecule has 3 heterocycles. The van der Waals surface area contributed by atoms with Gasteiger partial charge in [0.1, 0.15) is 5.69 Å². The Bertz CT molecular complexity index is 1490. The highest BCUT2D eigenvalue weighted by Gasteiger charge is 2.30. The first-order valence-electron chi connectivity index (χ1n) is 9.54. The summed E-state index contributed by atoms with van der Waals surface area (Å²) in [6.45, 7) is 1.89. The number of nitrogens with one attached hydrogen (secondary N) is 1. The number of fused-ring (bicyclic) bond motifs is 2. The first-order valence-corrected chi connectivity index (χ1v) is 9.54. The van der Waals surface area contributed by atoms with Crippen molar-refractivity contribution in [3.05, 3.63) is 83.3 Å². The van der Waals surface area contributed by atoms with Crippen LogP contribution in [-0.4, -0.2) is 19.8 Å². The Labute approximate surface area is 179 Å². The Morgan fingerprint density at radius 3 is 2.75 bits per heavy atom. The minimum atomic E-state index is -4.43. The Morgan fingerprint density at radius 1 is 1.06 bits per heavy atom. The number of rotatable bonds is 2. The Hall–Kier alpha value is -4.32. The molecule has 0 amide bonds. The van der Waals surface area contributed by atoms with Crippen LogP contribution in [-0.2, 0) is 6.18 Å². The zero-order valence-electron chi connectivity index (χ0n) is 16.6. The molecule has 0 aliphatic heterocycles. The van der Waals surface area contributed by atoms with Gasteiger partial charge in [0, 0.05) is 11.9 Å². The van der Waals surface area contributed by atoms with Gasteiger partial charge in [-0.25, -0.2) is 9.50 Å². The third-order valence-corrected chi connectivity index (χ3v) is 4.85. The van der Waals surface area contributed by atoms with Crippen LogP contribution in [0.5, 0.6) is 0 Å². The molecule has 0 bridgehead atoms. The lowest BCUT2D eigenvalue weighted by Gasteiger charge is -2.09. The zero-order chi connectivity index (χ0) is 22.3. The predicted octanol–water partition coefficient (Wildman–Crippen LogP) is 5.34. The second-order valence-corrected chi connectivity index (χ2v) is 7.07. The summed E-state index contributed by atoms with van der Waals surface area (Å²) in [4.78, 5) is 4.40. The number of hydrogen-bond acceptors (Lipinski definition) is 5. The number of imidazole rings is 1. The molecule has 0 unspecified atom stereocenters. The van der Waals surface area contributed by atoms with Crippen molar-refractivity contribution in [2.45, 2.75) is 13.1 Å². The van der Waals surface area contributed by atoms with Crippen molar-refractivity contribution in [3.8, 4) is 11.8 Å². The van der Waals surface area contributed by atoms with Gasteiger partial charge < -0.3 is 9.84 Å². The molecular formula is C23H14F3N5O. The van der Waals surface area contributed by atoms with Gasteiger partial charge in [-0.2, -0.15) is 18.3 Å². The van der Waals surface area contributed by atoms with E-state index in [1.165, 1.54) is 12.1 Å². The van der Waals surface area contributed by atoms with Crippen molar-refractivity contribution < 1.29 is 17.7 Å². The highest BCUT2D eigenvalue weighted by molar-refractivity contribution is 5.94. The number of hydrogen-bond donors (Lipinski definition) is 1. The van der Waals surface area contributed by atoms with Crippen molar-refractivity contribution in [3.63, 3.8) is 0 Å². The van der Waals surface area contributed by atoms with Crippen LogP contribution < -0.4 is 5.32 Å². The van der Waals surface area contributed by atoms with E-state index in [0.717, 1.165) is 17.7 Å². The maximum Gasteiger partial charge on any atom is 0.416 e. The molecule has 158 valence electrons. The van der Waals surface area contributed by atoms with E-state index in [2.05, 4.69) is 32.4 Å². The second kappa shape index (κ2) is 7.42. The van der Waals surface area contributed by atoms with Gasteiger partial charge in [-0.3, -0.25) is 0 Å². The first-order chi connectivity index (χ1) is 15.4. The maximum atomic E-state index is 13.0. The fraction of sp³-hybridized carbons (Fsp3) is 0.0870. The highest BCUT2D eigenvalue weighted by Crippen LogP contribution is 2.33. The van der Waals surface area contributed by atoms with Gasteiger partial charge in [-0.1, -0.05) is 23.2 Å². The van der Waals surface area contributed by atoms with E-state index in [-0.39, 0.29) is 5.69 Å².